The van der Waals surface area contributed by atoms with Crippen LogP contribution in [0, 0.1) is 0 Å². The molecule has 1 aliphatic rings. The molecule has 1 fully saturated rings. The molecule has 152 valence electrons. The number of aromatic nitrogens is 1. The highest BCUT2D eigenvalue weighted by Gasteiger charge is 2.24. The highest BCUT2D eigenvalue weighted by atomic mass is 16.5. The Balaban J connectivity index is 1.80. The van der Waals surface area contributed by atoms with Gasteiger partial charge in [0.05, 0.1) is 27.2 Å². The Kier molecular flexibility index (Phi) is 5.47. The first kappa shape index (κ1) is 19.4. The van der Waals surface area contributed by atoms with Crippen molar-refractivity contribution in [3.8, 4) is 22.8 Å². The number of nitrogens with zero attached hydrogens (tertiary/aromatic N) is 1. The van der Waals surface area contributed by atoms with Crippen LogP contribution in [-0.2, 0) is 16.1 Å². The smallest absolute Gasteiger partial charge is 0.307 e. The lowest BCUT2D eigenvalue weighted by atomic mass is 10.1. The van der Waals surface area contributed by atoms with Gasteiger partial charge in [0.25, 0.3) is 0 Å². The number of carbonyl (C=O) groups excluding carboxylic acids is 1. The van der Waals surface area contributed by atoms with E-state index in [0.717, 1.165) is 28.3 Å². The maximum atomic E-state index is 12.0. The zero-order valence-corrected chi connectivity index (χ0v) is 17.2. The molecular weight excluding hydrogens is 366 g/mol. The largest absolute Gasteiger partial charge is 0.497 e. The highest BCUT2D eigenvalue weighted by Crippen LogP contribution is 2.42. The Bertz CT molecular complexity index is 1010. The Morgan fingerprint density at radius 2 is 1.76 bits per heavy atom. The molecule has 0 unspecified atom stereocenters. The van der Waals surface area contributed by atoms with Crippen LogP contribution >= 0.6 is 0 Å². The van der Waals surface area contributed by atoms with Crippen molar-refractivity contribution < 1.29 is 19.0 Å². The zero-order valence-electron chi connectivity index (χ0n) is 17.2. The summed E-state index contributed by atoms with van der Waals surface area (Å²) in [5.74, 6) is 1.99. The molecule has 0 aliphatic heterocycles. The standard InChI is InChI=1S/C24H27NO4/c1-4-29-24(26)9-10-25-22-8-7-17(16-5-6-16)11-18(22)14-23(25)19-12-20(27-2)15-21(13-19)28-3/h7-8,11-16H,4-6,9-10H2,1-3H3. The summed E-state index contributed by atoms with van der Waals surface area (Å²) in [4.78, 5) is 12.0. The molecule has 4 rings (SSSR count). The van der Waals surface area contributed by atoms with Crippen molar-refractivity contribution in [1.82, 2.24) is 4.57 Å². The van der Waals surface area contributed by atoms with E-state index in [2.05, 4.69) is 28.8 Å². The SMILES string of the molecule is CCOC(=O)CCn1c(-c2cc(OC)cc(OC)c2)cc2cc(C3CC3)ccc21. The molecule has 0 bridgehead atoms. The van der Waals surface area contributed by atoms with Crippen LogP contribution in [0.5, 0.6) is 11.5 Å². The third-order valence-electron chi connectivity index (χ3n) is 5.47. The van der Waals surface area contributed by atoms with E-state index in [1.165, 1.54) is 23.8 Å². The predicted octanol–water partition coefficient (Wildman–Crippen LogP) is 5.16. The molecule has 0 radical (unpaired) electrons. The fraction of sp³-hybridized carbons (Fsp3) is 0.375. The summed E-state index contributed by atoms with van der Waals surface area (Å²) >= 11 is 0. The molecule has 29 heavy (non-hydrogen) atoms. The lowest BCUT2D eigenvalue weighted by Gasteiger charge is -2.13. The molecule has 1 aromatic heterocycles. The van der Waals surface area contributed by atoms with E-state index < -0.39 is 0 Å². The summed E-state index contributed by atoms with van der Waals surface area (Å²) in [6.45, 7) is 2.78. The summed E-state index contributed by atoms with van der Waals surface area (Å²) in [7, 11) is 3.30. The van der Waals surface area contributed by atoms with Gasteiger partial charge in [-0.15, -0.1) is 0 Å². The number of hydrogen-bond donors (Lipinski definition) is 0. The summed E-state index contributed by atoms with van der Waals surface area (Å²) in [6, 6.07) is 14.7. The Labute approximate surface area is 171 Å². The number of aryl methyl sites for hydroxylation is 1. The van der Waals surface area contributed by atoms with Crippen molar-refractivity contribution in [2.24, 2.45) is 0 Å². The molecule has 1 saturated carbocycles. The van der Waals surface area contributed by atoms with Crippen LogP contribution in [0.3, 0.4) is 0 Å². The van der Waals surface area contributed by atoms with E-state index in [9.17, 15) is 4.79 Å². The number of esters is 1. The number of rotatable bonds is 8. The molecular formula is C24H27NO4. The molecule has 2 aromatic carbocycles. The first-order chi connectivity index (χ1) is 14.1. The van der Waals surface area contributed by atoms with Crippen LogP contribution in [-0.4, -0.2) is 31.4 Å². The van der Waals surface area contributed by atoms with Gasteiger partial charge in [-0.2, -0.15) is 0 Å². The van der Waals surface area contributed by atoms with Crippen molar-refractivity contribution in [2.45, 2.75) is 38.6 Å². The maximum Gasteiger partial charge on any atom is 0.307 e. The lowest BCUT2D eigenvalue weighted by molar-refractivity contribution is -0.143. The topological polar surface area (TPSA) is 49.7 Å². The minimum absolute atomic E-state index is 0.182. The first-order valence-electron chi connectivity index (χ1n) is 10.1. The summed E-state index contributed by atoms with van der Waals surface area (Å²) in [6.07, 6.45) is 2.88. The number of fused-ring (bicyclic) bond motifs is 1. The van der Waals surface area contributed by atoms with E-state index in [1.54, 1.807) is 14.2 Å². The minimum Gasteiger partial charge on any atom is -0.497 e. The molecule has 0 N–H and O–H groups in total. The van der Waals surface area contributed by atoms with Gasteiger partial charge >= 0.3 is 5.97 Å². The van der Waals surface area contributed by atoms with Gasteiger partial charge in [-0.05, 0) is 61.6 Å². The van der Waals surface area contributed by atoms with Crippen molar-refractivity contribution >= 4 is 16.9 Å². The summed E-state index contributed by atoms with van der Waals surface area (Å²) in [5.41, 5.74) is 4.55. The lowest BCUT2D eigenvalue weighted by Crippen LogP contribution is -2.09. The second-order valence-electron chi connectivity index (χ2n) is 7.43. The van der Waals surface area contributed by atoms with E-state index in [-0.39, 0.29) is 5.97 Å². The molecule has 3 aromatic rings. The van der Waals surface area contributed by atoms with Crippen molar-refractivity contribution in [2.75, 3.05) is 20.8 Å². The average Bonchev–Trinajstić information content (AvgIpc) is 3.53. The number of hydrogen-bond acceptors (Lipinski definition) is 4. The quantitative estimate of drug-likeness (QED) is 0.496. The second kappa shape index (κ2) is 8.19. The van der Waals surface area contributed by atoms with Crippen molar-refractivity contribution in [3.05, 3.63) is 48.0 Å². The van der Waals surface area contributed by atoms with Gasteiger partial charge < -0.3 is 18.8 Å². The van der Waals surface area contributed by atoms with Gasteiger partial charge in [-0.25, -0.2) is 0 Å². The zero-order chi connectivity index (χ0) is 20.4. The van der Waals surface area contributed by atoms with Crippen molar-refractivity contribution in [1.29, 1.82) is 0 Å². The summed E-state index contributed by atoms with van der Waals surface area (Å²) in [5, 5.41) is 1.19. The van der Waals surface area contributed by atoms with Crippen LogP contribution in [0.4, 0.5) is 0 Å². The fourth-order valence-corrected chi connectivity index (χ4v) is 3.83. The normalized spacial score (nSPS) is 13.5. The molecule has 0 saturated heterocycles. The Morgan fingerprint density at radius 1 is 1.03 bits per heavy atom. The molecule has 5 heteroatoms. The number of carbonyl (C=O) groups is 1. The fourth-order valence-electron chi connectivity index (χ4n) is 3.83. The molecule has 0 atom stereocenters. The number of methoxy groups -OCH3 is 2. The van der Waals surface area contributed by atoms with Crippen LogP contribution < -0.4 is 9.47 Å². The molecule has 1 aliphatic carbocycles. The van der Waals surface area contributed by atoms with Crippen LogP contribution in [0.2, 0.25) is 0 Å². The summed E-state index contributed by atoms with van der Waals surface area (Å²) < 4.78 is 18.2. The molecule has 5 nitrogen and oxygen atoms in total. The van der Waals surface area contributed by atoms with Gasteiger partial charge in [0, 0.05) is 34.8 Å². The first-order valence-corrected chi connectivity index (χ1v) is 10.1. The average molecular weight is 393 g/mol. The van der Waals surface area contributed by atoms with Crippen LogP contribution in [0.25, 0.3) is 22.2 Å². The van der Waals surface area contributed by atoms with Crippen molar-refractivity contribution in [3.63, 3.8) is 0 Å². The third kappa shape index (κ3) is 4.09. The second-order valence-corrected chi connectivity index (χ2v) is 7.43. The van der Waals surface area contributed by atoms with Gasteiger partial charge in [0.1, 0.15) is 11.5 Å². The van der Waals surface area contributed by atoms with Crippen LogP contribution in [0.15, 0.2) is 42.5 Å². The molecule has 0 spiro atoms. The van der Waals surface area contributed by atoms with Gasteiger partial charge in [0.2, 0.25) is 0 Å². The number of benzene rings is 2. The van der Waals surface area contributed by atoms with E-state index in [1.807, 2.05) is 25.1 Å². The molecule has 1 heterocycles. The minimum atomic E-state index is -0.182. The van der Waals surface area contributed by atoms with Crippen LogP contribution in [0.1, 0.15) is 37.7 Å². The van der Waals surface area contributed by atoms with E-state index in [0.29, 0.717) is 25.5 Å². The van der Waals surface area contributed by atoms with Gasteiger partial charge in [-0.3, -0.25) is 4.79 Å². The van der Waals surface area contributed by atoms with Gasteiger partial charge in [-0.1, -0.05) is 6.07 Å². The van der Waals surface area contributed by atoms with E-state index >= 15 is 0 Å². The van der Waals surface area contributed by atoms with E-state index in [4.69, 9.17) is 14.2 Å². The predicted molar refractivity (Wildman–Crippen MR) is 114 cm³/mol. The number of ether oxygens (including phenoxy) is 3. The third-order valence-corrected chi connectivity index (χ3v) is 5.47. The van der Waals surface area contributed by atoms with Gasteiger partial charge in [0.15, 0.2) is 0 Å². The Hall–Kier alpha value is -2.95. The molecule has 0 amide bonds. The highest BCUT2D eigenvalue weighted by molar-refractivity contribution is 5.88. The monoisotopic (exact) mass is 393 g/mol. The Morgan fingerprint density at radius 3 is 2.38 bits per heavy atom. The maximum absolute atomic E-state index is 12.0.